The lowest BCUT2D eigenvalue weighted by atomic mass is 9.90. The number of aliphatic hydroxyl groups excluding tert-OH is 1. The molecule has 2 atom stereocenters. The van der Waals surface area contributed by atoms with Gasteiger partial charge in [-0.05, 0) is 35.4 Å². The van der Waals surface area contributed by atoms with Crippen molar-refractivity contribution in [3.8, 4) is 0 Å². The molecule has 2 N–H and O–H groups in total. The first kappa shape index (κ1) is 21.0. The number of ether oxygens (including phenoxy) is 1. The van der Waals surface area contributed by atoms with Crippen molar-refractivity contribution < 1.29 is 23.8 Å². The average Bonchev–Trinajstić information content (AvgIpc) is 2.98. The summed E-state index contributed by atoms with van der Waals surface area (Å²) in [6, 6.07) is 19.0. The number of carbonyl (C=O) groups excluding carboxylic acids is 2. The number of hydrogen-bond acceptors (Lipinski definition) is 4. The van der Waals surface area contributed by atoms with Crippen molar-refractivity contribution in [2.75, 3.05) is 13.2 Å². The number of fused-ring (bicyclic) bond motifs is 1. The lowest BCUT2D eigenvalue weighted by molar-refractivity contribution is -0.132. The molecule has 4 rings (SSSR count). The number of β-amino-alcohol motifs (C(OH)–C–C–N with tert-alkyl or cyclic N) is 1. The summed E-state index contributed by atoms with van der Waals surface area (Å²) in [6.45, 7) is 1.28. The molecule has 3 aromatic rings. The lowest BCUT2D eigenvalue weighted by Crippen LogP contribution is -2.42. The van der Waals surface area contributed by atoms with E-state index in [1.165, 1.54) is 6.07 Å². The van der Waals surface area contributed by atoms with E-state index in [1.54, 1.807) is 25.1 Å². The highest BCUT2D eigenvalue weighted by molar-refractivity contribution is 6.07. The number of nitrogens with one attached hydrogen (secondary N) is 1. The number of imide groups is 1. The third-order valence-corrected chi connectivity index (χ3v) is 5.52. The average molecular weight is 422 g/mol. The lowest BCUT2D eigenvalue weighted by Gasteiger charge is -2.23. The van der Waals surface area contributed by atoms with Gasteiger partial charge in [-0.3, -0.25) is 9.69 Å². The Kier molecular flexibility index (Phi) is 5.71. The van der Waals surface area contributed by atoms with Crippen molar-refractivity contribution in [2.24, 2.45) is 0 Å². The van der Waals surface area contributed by atoms with Crippen LogP contribution < -0.4 is 5.32 Å². The number of rotatable bonds is 7. The second kappa shape index (κ2) is 8.45. The van der Waals surface area contributed by atoms with Crippen LogP contribution in [-0.4, -0.2) is 41.2 Å². The summed E-state index contributed by atoms with van der Waals surface area (Å²) in [5.41, 5.74) is -0.194. The van der Waals surface area contributed by atoms with Crippen LogP contribution in [0.4, 0.5) is 9.18 Å². The number of halogens is 1. The smallest absolute Gasteiger partial charge is 0.325 e. The Morgan fingerprint density at radius 1 is 1.06 bits per heavy atom. The monoisotopic (exact) mass is 422 g/mol. The first-order valence-corrected chi connectivity index (χ1v) is 10.0. The van der Waals surface area contributed by atoms with E-state index in [9.17, 15) is 19.1 Å². The third-order valence-electron chi connectivity index (χ3n) is 5.52. The molecule has 7 heteroatoms. The highest BCUT2D eigenvalue weighted by atomic mass is 19.1. The fourth-order valence-corrected chi connectivity index (χ4v) is 3.74. The van der Waals surface area contributed by atoms with Crippen molar-refractivity contribution in [3.63, 3.8) is 0 Å². The van der Waals surface area contributed by atoms with Crippen LogP contribution >= 0.6 is 0 Å². The maximum atomic E-state index is 13.6. The van der Waals surface area contributed by atoms with E-state index in [-0.39, 0.29) is 19.8 Å². The minimum absolute atomic E-state index is 0.0152. The van der Waals surface area contributed by atoms with Gasteiger partial charge in [-0.25, -0.2) is 9.18 Å². The molecule has 0 saturated carbocycles. The molecular formula is C24H23FN2O4. The summed E-state index contributed by atoms with van der Waals surface area (Å²) < 4.78 is 19.0. The quantitative estimate of drug-likeness (QED) is 0.573. The van der Waals surface area contributed by atoms with Gasteiger partial charge in [0.2, 0.25) is 0 Å². The second-order valence-electron chi connectivity index (χ2n) is 7.79. The zero-order valence-corrected chi connectivity index (χ0v) is 17.0. The topological polar surface area (TPSA) is 78.9 Å². The Labute approximate surface area is 179 Å². The molecule has 6 nitrogen and oxygen atoms in total. The number of carbonyl (C=O) groups is 2. The Hall–Kier alpha value is -3.29. The second-order valence-corrected chi connectivity index (χ2v) is 7.79. The van der Waals surface area contributed by atoms with Crippen molar-refractivity contribution in [1.29, 1.82) is 0 Å². The molecule has 0 aliphatic carbocycles. The molecule has 0 radical (unpaired) electrons. The van der Waals surface area contributed by atoms with Crippen LogP contribution in [0.2, 0.25) is 0 Å². The molecule has 1 aliphatic heterocycles. The van der Waals surface area contributed by atoms with Crippen molar-refractivity contribution in [1.82, 2.24) is 10.2 Å². The van der Waals surface area contributed by atoms with Crippen LogP contribution in [0.25, 0.3) is 10.8 Å². The van der Waals surface area contributed by atoms with E-state index in [0.29, 0.717) is 11.1 Å². The Morgan fingerprint density at radius 2 is 1.77 bits per heavy atom. The van der Waals surface area contributed by atoms with E-state index >= 15 is 0 Å². The van der Waals surface area contributed by atoms with Gasteiger partial charge in [-0.15, -0.1) is 0 Å². The van der Waals surface area contributed by atoms with Gasteiger partial charge in [-0.2, -0.15) is 0 Å². The van der Waals surface area contributed by atoms with Gasteiger partial charge < -0.3 is 15.2 Å². The molecule has 31 heavy (non-hydrogen) atoms. The van der Waals surface area contributed by atoms with Gasteiger partial charge in [0, 0.05) is 5.56 Å². The largest absolute Gasteiger partial charge is 0.389 e. The summed E-state index contributed by atoms with van der Waals surface area (Å²) in [5, 5.41) is 15.0. The maximum absolute atomic E-state index is 13.6. The zero-order valence-electron chi connectivity index (χ0n) is 17.0. The third kappa shape index (κ3) is 4.15. The number of benzene rings is 3. The molecule has 0 aromatic heterocycles. The number of urea groups is 1. The number of aliphatic hydroxyl groups is 1. The van der Waals surface area contributed by atoms with Crippen molar-refractivity contribution >= 4 is 22.7 Å². The van der Waals surface area contributed by atoms with E-state index in [4.69, 9.17) is 4.74 Å². The van der Waals surface area contributed by atoms with E-state index < -0.39 is 29.4 Å². The molecule has 1 aliphatic rings. The molecule has 1 heterocycles. The minimum atomic E-state index is -1.23. The van der Waals surface area contributed by atoms with E-state index in [1.807, 2.05) is 42.5 Å². The van der Waals surface area contributed by atoms with Gasteiger partial charge in [0.15, 0.2) is 0 Å². The van der Waals surface area contributed by atoms with Crippen molar-refractivity contribution in [2.45, 2.75) is 25.2 Å². The first-order valence-electron chi connectivity index (χ1n) is 10.0. The van der Waals surface area contributed by atoms with Gasteiger partial charge in [0.1, 0.15) is 11.4 Å². The first-order chi connectivity index (χ1) is 14.9. The number of amides is 3. The number of nitrogens with zero attached hydrogens (tertiary/aromatic N) is 1. The van der Waals surface area contributed by atoms with Gasteiger partial charge in [0.25, 0.3) is 5.91 Å². The van der Waals surface area contributed by atoms with Crippen LogP contribution in [0.3, 0.4) is 0 Å². The summed E-state index contributed by atoms with van der Waals surface area (Å²) in [4.78, 5) is 26.6. The molecule has 3 aromatic carbocycles. The maximum Gasteiger partial charge on any atom is 0.325 e. The predicted molar refractivity (Wildman–Crippen MR) is 114 cm³/mol. The van der Waals surface area contributed by atoms with Gasteiger partial charge >= 0.3 is 6.03 Å². The molecule has 0 unspecified atom stereocenters. The van der Waals surface area contributed by atoms with Crippen LogP contribution in [0.1, 0.15) is 18.1 Å². The molecule has 3 amide bonds. The zero-order chi connectivity index (χ0) is 22.0. The van der Waals surface area contributed by atoms with Crippen LogP contribution in [0.15, 0.2) is 66.7 Å². The molecular weight excluding hydrogens is 399 g/mol. The molecule has 1 fully saturated rings. The Bertz CT molecular complexity index is 1140. The van der Waals surface area contributed by atoms with Crippen molar-refractivity contribution in [3.05, 3.63) is 83.7 Å². The van der Waals surface area contributed by atoms with Crippen LogP contribution in [-0.2, 0) is 21.7 Å². The normalized spacial score (nSPS) is 19.6. The highest BCUT2D eigenvalue weighted by Gasteiger charge is 2.49. The van der Waals surface area contributed by atoms with Gasteiger partial charge in [0.05, 0.1) is 25.9 Å². The minimum Gasteiger partial charge on any atom is -0.389 e. The summed E-state index contributed by atoms with van der Waals surface area (Å²) in [5.74, 6) is -0.835. The molecule has 160 valence electrons. The predicted octanol–water partition coefficient (Wildman–Crippen LogP) is 3.32. The fraction of sp³-hybridized carbons (Fsp3) is 0.250. The molecule has 0 spiro atoms. The molecule has 0 bridgehead atoms. The van der Waals surface area contributed by atoms with E-state index in [2.05, 4.69) is 5.32 Å². The van der Waals surface area contributed by atoms with Gasteiger partial charge in [-0.1, -0.05) is 54.6 Å². The SMILES string of the molecule is C[C@@]1(c2ccc3ccccc3c2)NC(=O)N(C[C@H](O)COCc2ccccc2F)C1=O. The summed E-state index contributed by atoms with van der Waals surface area (Å²) >= 11 is 0. The molecule has 1 saturated heterocycles. The van der Waals surface area contributed by atoms with Crippen LogP contribution in [0, 0.1) is 5.82 Å². The Balaban J connectivity index is 1.41. The summed E-state index contributed by atoms with van der Waals surface area (Å²) in [6.07, 6.45) is -1.10. The summed E-state index contributed by atoms with van der Waals surface area (Å²) in [7, 11) is 0. The van der Waals surface area contributed by atoms with E-state index in [0.717, 1.165) is 15.7 Å². The standard InChI is InChI=1S/C24H23FN2O4/c1-24(19-11-10-16-6-2-3-7-17(16)12-19)22(29)27(23(30)26-24)13-20(28)15-31-14-18-8-4-5-9-21(18)25/h2-12,20,28H,13-15H2,1H3,(H,26,30)/t20-,24-/m0/s1. The number of hydrogen-bond donors (Lipinski definition) is 2. The Morgan fingerprint density at radius 3 is 2.55 bits per heavy atom. The fourth-order valence-electron chi connectivity index (χ4n) is 3.74. The highest BCUT2D eigenvalue weighted by Crippen LogP contribution is 2.31. The van der Waals surface area contributed by atoms with Crippen LogP contribution in [0.5, 0.6) is 0 Å².